The fraction of sp³-hybridized carbons (Fsp3) is 0.979. The highest BCUT2D eigenvalue weighted by Crippen LogP contribution is 2.38. The molecule has 0 aliphatic heterocycles. The van der Waals surface area contributed by atoms with Crippen LogP contribution in [0.4, 0.5) is 0 Å². The van der Waals surface area contributed by atoms with Gasteiger partial charge in [0.05, 0.1) is 27.7 Å². The normalized spacial score (nSPS) is 12.8. The van der Waals surface area contributed by atoms with Gasteiger partial charge in [0.1, 0.15) is 19.8 Å². The van der Waals surface area contributed by atoms with E-state index in [2.05, 4.69) is 13.8 Å². The Bertz CT molecular complexity index is 1740. The molecule has 2 atom stereocenters. The van der Waals surface area contributed by atoms with Gasteiger partial charge in [0, 0.05) is 12.8 Å². The lowest BCUT2D eigenvalue weighted by Crippen LogP contribution is -2.37. The molecule has 0 rings (SSSR count). The summed E-state index contributed by atoms with van der Waals surface area (Å²) in [7, 11) is 1.21. The van der Waals surface area contributed by atoms with Crippen LogP contribution in [0.25, 0.3) is 0 Å². The van der Waals surface area contributed by atoms with Crippen LogP contribution in [0.2, 0.25) is 0 Å². The Morgan fingerprint density at radius 3 is 0.604 bits per heavy atom. The number of nitrogens with zero attached hydrogens (tertiary/aromatic N) is 1. The van der Waals surface area contributed by atoms with E-state index >= 15 is 0 Å². The van der Waals surface area contributed by atoms with Crippen LogP contribution in [-0.4, -0.2) is 70.0 Å². The van der Waals surface area contributed by atoms with Gasteiger partial charge in [-0.05, 0) is 12.8 Å². The van der Waals surface area contributed by atoms with Crippen molar-refractivity contribution >= 4 is 19.8 Å². The Morgan fingerprint density at radius 2 is 0.425 bits per heavy atom. The smallest absolute Gasteiger partial charge is 0.306 e. The van der Waals surface area contributed by atoms with Gasteiger partial charge < -0.3 is 27.9 Å². The number of esters is 2. The molecule has 0 amide bonds. The second-order valence-corrected chi connectivity index (χ2v) is 36.6. The lowest BCUT2D eigenvalue weighted by molar-refractivity contribution is -0.870. The largest absolute Gasteiger partial charge is 0.756 e. The first-order valence-electron chi connectivity index (χ1n) is 48.7. The van der Waals surface area contributed by atoms with E-state index < -0.39 is 26.5 Å². The third-order valence-electron chi connectivity index (χ3n) is 23.1. The molecule has 0 N–H and O–H groups in total. The maximum Gasteiger partial charge on any atom is 0.306 e. The molecule has 0 aromatic rings. The molecule has 106 heavy (non-hydrogen) atoms. The fourth-order valence-electron chi connectivity index (χ4n) is 15.7. The van der Waals surface area contributed by atoms with Gasteiger partial charge in [-0.1, -0.05) is 528 Å². The predicted octanol–water partition coefficient (Wildman–Crippen LogP) is 32.5. The van der Waals surface area contributed by atoms with Gasteiger partial charge in [0.2, 0.25) is 0 Å². The van der Waals surface area contributed by atoms with Gasteiger partial charge >= 0.3 is 11.9 Å². The summed E-state index contributed by atoms with van der Waals surface area (Å²) in [5, 5.41) is 0. The maximum atomic E-state index is 12.9. The van der Waals surface area contributed by atoms with Crippen LogP contribution in [0.5, 0.6) is 0 Å². The summed E-state index contributed by atoms with van der Waals surface area (Å²) in [6.45, 7) is 4.36. The number of hydrogen-bond donors (Lipinski definition) is 0. The molecule has 0 saturated carbocycles. The number of hydrogen-bond acceptors (Lipinski definition) is 8. The van der Waals surface area contributed by atoms with E-state index in [1.165, 1.54) is 488 Å². The van der Waals surface area contributed by atoms with Crippen molar-refractivity contribution in [2.75, 3.05) is 47.5 Å². The molecule has 0 heterocycles. The van der Waals surface area contributed by atoms with Crippen molar-refractivity contribution in [2.24, 2.45) is 0 Å². The van der Waals surface area contributed by atoms with Crippen LogP contribution in [0.15, 0.2) is 0 Å². The summed E-state index contributed by atoms with van der Waals surface area (Å²) in [6, 6.07) is 0. The average Bonchev–Trinajstić information content (AvgIpc) is 0.951. The van der Waals surface area contributed by atoms with E-state index in [-0.39, 0.29) is 32.0 Å². The molecule has 2 unspecified atom stereocenters. The number of quaternary nitrogens is 1. The molecule has 0 radical (unpaired) electrons. The van der Waals surface area contributed by atoms with Crippen molar-refractivity contribution in [1.29, 1.82) is 0 Å². The van der Waals surface area contributed by atoms with Crippen LogP contribution in [0.1, 0.15) is 553 Å². The molecule has 0 aromatic carbocycles. The van der Waals surface area contributed by atoms with Crippen LogP contribution >= 0.6 is 7.82 Å². The third-order valence-corrected chi connectivity index (χ3v) is 24.1. The van der Waals surface area contributed by atoms with E-state index in [0.29, 0.717) is 17.4 Å². The number of carbonyl (C=O) groups excluding carboxylic acids is 2. The van der Waals surface area contributed by atoms with Gasteiger partial charge in [-0.25, -0.2) is 0 Å². The van der Waals surface area contributed by atoms with E-state index in [9.17, 15) is 19.0 Å². The highest BCUT2D eigenvalue weighted by atomic mass is 31.2. The lowest BCUT2D eigenvalue weighted by Gasteiger charge is -2.28. The van der Waals surface area contributed by atoms with Gasteiger partial charge in [-0.2, -0.15) is 0 Å². The summed E-state index contributed by atoms with van der Waals surface area (Å²) < 4.78 is 34.5. The molecule has 0 fully saturated rings. The molecule has 0 saturated heterocycles. The lowest BCUT2D eigenvalue weighted by atomic mass is 10.0. The number of carbonyl (C=O) groups is 2. The second-order valence-electron chi connectivity index (χ2n) is 35.2. The highest BCUT2D eigenvalue weighted by molar-refractivity contribution is 7.45. The average molecular weight is 1520 g/mol. The quantitative estimate of drug-likeness (QED) is 0.0256. The fourth-order valence-corrected chi connectivity index (χ4v) is 16.5. The molecule has 0 aliphatic carbocycles. The number of phosphoric ester groups is 1. The number of ether oxygens (including phenoxy) is 2. The molecular weight excluding hydrogens is 1330 g/mol. The minimum absolute atomic E-state index is 0.0245. The van der Waals surface area contributed by atoms with Gasteiger partial charge in [-0.3, -0.25) is 14.2 Å². The van der Waals surface area contributed by atoms with Gasteiger partial charge in [0.15, 0.2) is 6.10 Å². The van der Waals surface area contributed by atoms with E-state index in [4.69, 9.17) is 18.5 Å². The predicted molar refractivity (Wildman–Crippen MR) is 462 cm³/mol. The Hall–Kier alpha value is -0.990. The van der Waals surface area contributed by atoms with E-state index in [1.54, 1.807) is 0 Å². The van der Waals surface area contributed by atoms with Crippen molar-refractivity contribution in [3.8, 4) is 0 Å². The molecule has 9 nitrogen and oxygen atoms in total. The van der Waals surface area contributed by atoms with Crippen LogP contribution < -0.4 is 4.89 Å². The summed E-state index contributed by atoms with van der Waals surface area (Å²) in [5.74, 6) is -0.796. The van der Waals surface area contributed by atoms with Gasteiger partial charge in [-0.15, -0.1) is 0 Å². The van der Waals surface area contributed by atoms with Crippen LogP contribution in [0, 0.1) is 0 Å². The topological polar surface area (TPSA) is 111 Å². The van der Waals surface area contributed by atoms with Crippen molar-refractivity contribution in [3.63, 3.8) is 0 Å². The minimum atomic E-state index is -4.64. The zero-order valence-electron chi connectivity index (χ0n) is 73.0. The standard InChI is InChI=1S/C96H192NO8P/c1-6-8-10-12-14-16-18-20-22-24-26-28-30-32-34-36-38-40-42-44-46-48-50-52-54-56-58-60-62-64-66-68-70-72-74-76-78-80-82-84-86-88-95(98)102-92-94(93-104-106(100,101)103-91-90-97(3,4)5)105-96(99)89-87-85-83-81-79-77-75-73-71-69-67-65-63-61-59-57-55-53-51-49-47-45-43-41-39-37-35-33-31-29-27-25-23-21-19-17-15-13-11-9-7-2/h94H,6-93H2,1-5H3. The van der Waals surface area contributed by atoms with Crippen molar-refractivity contribution < 1.29 is 42.1 Å². The molecule has 0 aromatic heterocycles. The zero-order chi connectivity index (χ0) is 76.8. The Morgan fingerprint density at radius 1 is 0.255 bits per heavy atom. The Kier molecular flexibility index (Phi) is 87.1. The monoisotopic (exact) mass is 1520 g/mol. The number of phosphoric acid groups is 1. The first-order valence-corrected chi connectivity index (χ1v) is 50.2. The number of likely N-dealkylation sites (N-methyl/N-ethyl adjacent to an activating group) is 1. The first-order chi connectivity index (χ1) is 52.0. The van der Waals surface area contributed by atoms with Crippen LogP contribution in [-0.2, 0) is 32.7 Å². The van der Waals surface area contributed by atoms with Crippen LogP contribution in [0.3, 0.4) is 0 Å². The maximum absolute atomic E-state index is 12.9. The number of unbranched alkanes of at least 4 members (excludes halogenated alkanes) is 80. The van der Waals surface area contributed by atoms with Crippen molar-refractivity contribution in [1.82, 2.24) is 0 Å². The van der Waals surface area contributed by atoms with E-state index in [0.717, 1.165) is 32.1 Å². The molecular formula is C96H192NO8P. The van der Waals surface area contributed by atoms with Crippen molar-refractivity contribution in [3.05, 3.63) is 0 Å². The third kappa shape index (κ3) is 91.9. The van der Waals surface area contributed by atoms with Gasteiger partial charge in [0.25, 0.3) is 7.82 Å². The molecule has 0 bridgehead atoms. The molecule has 0 spiro atoms. The SMILES string of the molecule is CCCCCCCCCCCCCCCCCCCCCCCCCCCCCCCCCCCCCCCCCCCC(=O)OCC(COP(=O)([O-])OCC[N+](C)(C)C)OC(=O)CCCCCCCCCCCCCCCCCCCCCCCCCCCCCCCCCCCCCCCCCCC. The molecule has 634 valence electrons. The molecule has 0 aliphatic rings. The summed E-state index contributed by atoms with van der Waals surface area (Å²) in [4.78, 5) is 38.3. The highest BCUT2D eigenvalue weighted by Gasteiger charge is 2.22. The molecule has 10 heteroatoms. The Labute approximate surface area is 664 Å². The summed E-state index contributed by atoms with van der Waals surface area (Å²) in [5.41, 5.74) is 0. The first kappa shape index (κ1) is 105. The Balaban J connectivity index is 3.77. The summed E-state index contributed by atoms with van der Waals surface area (Å²) in [6.07, 6.45) is 113. The summed E-state index contributed by atoms with van der Waals surface area (Å²) >= 11 is 0. The number of rotatable bonds is 94. The van der Waals surface area contributed by atoms with E-state index in [1.807, 2.05) is 21.1 Å². The van der Waals surface area contributed by atoms with Crippen molar-refractivity contribution in [2.45, 2.75) is 559 Å². The minimum Gasteiger partial charge on any atom is -0.756 e. The zero-order valence-corrected chi connectivity index (χ0v) is 73.9. The second kappa shape index (κ2) is 88.0.